The van der Waals surface area contributed by atoms with Crippen LogP contribution in [-0.4, -0.2) is 41.7 Å². The quantitative estimate of drug-likeness (QED) is 0.810. The van der Waals surface area contributed by atoms with Gasteiger partial charge in [0.25, 0.3) is 0 Å². The molecule has 1 N–H and O–H groups in total. The average Bonchev–Trinajstić information content (AvgIpc) is 3.35. The summed E-state index contributed by atoms with van der Waals surface area (Å²) < 4.78 is 13.1. The Morgan fingerprint density at radius 3 is 2.93 bits per heavy atom. The van der Waals surface area contributed by atoms with E-state index < -0.39 is 0 Å². The molecule has 1 aliphatic rings. The monoisotopic (exact) mass is 370 g/mol. The van der Waals surface area contributed by atoms with Crippen LogP contribution in [0.3, 0.4) is 0 Å². The van der Waals surface area contributed by atoms with Crippen molar-refractivity contribution < 1.29 is 13.9 Å². The number of nitriles is 1. The van der Waals surface area contributed by atoms with Crippen molar-refractivity contribution in [1.82, 2.24) is 9.47 Å². The number of rotatable bonds is 7. The molecule has 2 aromatic rings. The molecule has 1 atom stereocenters. The van der Waals surface area contributed by atoms with E-state index in [-0.39, 0.29) is 18.6 Å². The molecule has 7 heteroatoms. The van der Waals surface area contributed by atoms with Crippen LogP contribution < -0.4 is 5.32 Å². The molecule has 3 heterocycles. The number of carbonyl (C=O) groups is 1. The van der Waals surface area contributed by atoms with Gasteiger partial charge in [0.1, 0.15) is 17.6 Å². The number of hydrogen-bond acceptors (Lipinski definition) is 5. The summed E-state index contributed by atoms with van der Waals surface area (Å²) in [6, 6.07) is 5.94. The molecule has 0 aliphatic carbocycles. The van der Waals surface area contributed by atoms with Crippen molar-refractivity contribution in [3.05, 3.63) is 41.0 Å². The molecule has 1 saturated heterocycles. The summed E-state index contributed by atoms with van der Waals surface area (Å²) in [7, 11) is 1.86. The fraction of sp³-hybridized carbons (Fsp3) is 0.500. The number of ether oxygens (including phenoxy) is 1. The summed E-state index contributed by atoms with van der Waals surface area (Å²) in [6.07, 6.45) is 3.79. The maximum atomic E-state index is 12.6. The number of nitrogens with one attached hydrogen (secondary N) is 1. The molecule has 1 amide bonds. The van der Waals surface area contributed by atoms with Crippen molar-refractivity contribution in [3.8, 4) is 6.07 Å². The van der Waals surface area contributed by atoms with Crippen LogP contribution in [0.1, 0.15) is 35.4 Å². The van der Waals surface area contributed by atoms with Crippen LogP contribution in [0.4, 0.5) is 5.82 Å². The van der Waals surface area contributed by atoms with Gasteiger partial charge in [0, 0.05) is 12.3 Å². The minimum absolute atomic E-state index is 0.124. The summed E-state index contributed by atoms with van der Waals surface area (Å²) in [5.41, 5.74) is 2.41. The summed E-state index contributed by atoms with van der Waals surface area (Å²) >= 11 is 0. The van der Waals surface area contributed by atoms with Crippen molar-refractivity contribution in [1.29, 1.82) is 5.26 Å². The first-order valence-corrected chi connectivity index (χ1v) is 9.21. The predicted octanol–water partition coefficient (Wildman–Crippen LogP) is 2.82. The van der Waals surface area contributed by atoms with E-state index in [9.17, 15) is 10.1 Å². The summed E-state index contributed by atoms with van der Waals surface area (Å²) in [6.45, 7) is 6.05. The number of hydrogen-bond donors (Lipinski definition) is 1. The lowest BCUT2D eigenvalue weighted by Crippen LogP contribution is -2.31. The Morgan fingerprint density at radius 2 is 2.30 bits per heavy atom. The average molecular weight is 370 g/mol. The molecule has 1 fully saturated rings. The molecule has 0 spiro atoms. The zero-order valence-electron chi connectivity index (χ0n) is 16.1. The third-order valence-electron chi connectivity index (χ3n) is 5.03. The lowest BCUT2D eigenvalue weighted by Gasteiger charge is -2.18. The smallest absolute Gasteiger partial charge is 0.239 e. The molecule has 2 aromatic heterocycles. The highest BCUT2D eigenvalue weighted by Crippen LogP contribution is 2.28. The van der Waals surface area contributed by atoms with Crippen molar-refractivity contribution in [2.75, 3.05) is 25.5 Å². The largest absolute Gasteiger partial charge is 0.468 e. The van der Waals surface area contributed by atoms with Gasteiger partial charge in [-0.15, -0.1) is 0 Å². The standard InChI is InChI=1S/C20H26N4O3/c1-14-15(2)24(12-17-7-5-9-27-17)20(18(14)10-21)22-19(25)13-23(3)11-16-6-4-8-26-16/h4,6,8,17H,5,7,9,11-13H2,1-3H3,(H,22,25)/t17-/m0/s1. The number of likely N-dealkylation sites (N-methyl/N-ethyl adjacent to an activating group) is 1. The van der Waals surface area contributed by atoms with Gasteiger partial charge in [-0.05, 0) is 51.4 Å². The molecule has 144 valence electrons. The second kappa shape index (κ2) is 8.42. The van der Waals surface area contributed by atoms with E-state index in [0.717, 1.165) is 36.5 Å². The Morgan fingerprint density at radius 1 is 1.48 bits per heavy atom. The van der Waals surface area contributed by atoms with Gasteiger partial charge in [-0.1, -0.05) is 0 Å². The SMILES string of the molecule is Cc1c(C#N)c(NC(=O)CN(C)Cc2ccco2)n(C[C@@H]2CCCO2)c1C. The van der Waals surface area contributed by atoms with Crippen LogP contribution >= 0.6 is 0 Å². The minimum Gasteiger partial charge on any atom is -0.468 e. The topological polar surface area (TPSA) is 83.4 Å². The van der Waals surface area contributed by atoms with Crippen molar-refractivity contribution in [2.45, 2.75) is 45.9 Å². The van der Waals surface area contributed by atoms with Crippen LogP contribution in [0.5, 0.6) is 0 Å². The van der Waals surface area contributed by atoms with Gasteiger partial charge in [0.2, 0.25) is 5.91 Å². The lowest BCUT2D eigenvalue weighted by molar-refractivity contribution is -0.117. The number of furan rings is 1. The molecule has 0 bridgehead atoms. The van der Waals surface area contributed by atoms with Gasteiger partial charge >= 0.3 is 0 Å². The summed E-state index contributed by atoms with van der Waals surface area (Å²) in [5, 5.41) is 12.5. The molecule has 1 aliphatic heterocycles. The van der Waals surface area contributed by atoms with Crippen LogP contribution in [-0.2, 0) is 22.6 Å². The van der Waals surface area contributed by atoms with Crippen molar-refractivity contribution in [2.24, 2.45) is 0 Å². The molecule has 3 rings (SSSR count). The number of nitrogens with zero attached hydrogens (tertiary/aromatic N) is 3. The number of anilines is 1. The highest BCUT2D eigenvalue weighted by molar-refractivity contribution is 5.93. The van der Waals surface area contributed by atoms with E-state index in [2.05, 4.69) is 11.4 Å². The van der Waals surface area contributed by atoms with Crippen molar-refractivity contribution in [3.63, 3.8) is 0 Å². The minimum atomic E-state index is -0.161. The lowest BCUT2D eigenvalue weighted by atomic mass is 10.2. The van der Waals surface area contributed by atoms with Gasteiger partial charge in [-0.25, -0.2) is 0 Å². The first-order valence-electron chi connectivity index (χ1n) is 9.21. The molecular weight excluding hydrogens is 344 g/mol. The van der Waals surface area contributed by atoms with Crippen LogP contribution in [0.15, 0.2) is 22.8 Å². The zero-order chi connectivity index (χ0) is 19.4. The van der Waals surface area contributed by atoms with Gasteiger partial charge in [0.15, 0.2) is 0 Å². The van der Waals surface area contributed by atoms with E-state index in [1.54, 1.807) is 6.26 Å². The predicted molar refractivity (Wildman–Crippen MR) is 101 cm³/mol. The van der Waals surface area contributed by atoms with Crippen LogP contribution in [0.25, 0.3) is 0 Å². The zero-order valence-corrected chi connectivity index (χ0v) is 16.1. The molecule has 0 radical (unpaired) electrons. The molecular formula is C20H26N4O3. The van der Waals surface area contributed by atoms with Gasteiger partial charge in [-0.3, -0.25) is 9.69 Å². The Balaban J connectivity index is 1.73. The Bertz CT molecular complexity index is 827. The highest BCUT2D eigenvalue weighted by Gasteiger charge is 2.24. The Labute approximate surface area is 159 Å². The first-order chi connectivity index (χ1) is 13.0. The second-order valence-electron chi connectivity index (χ2n) is 7.09. The maximum absolute atomic E-state index is 12.6. The molecule has 0 aromatic carbocycles. The van der Waals surface area contributed by atoms with Gasteiger partial charge < -0.3 is 19.0 Å². The van der Waals surface area contributed by atoms with Gasteiger partial charge in [0.05, 0.1) is 37.6 Å². The number of aromatic nitrogens is 1. The Kier molecular flexibility index (Phi) is 5.99. The number of carbonyl (C=O) groups excluding carboxylic acids is 1. The molecule has 0 saturated carbocycles. The molecule has 27 heavy (non-hydrogen) atoms. The Hall–Kier alpha value is -2.56. The number of amides is 1. The first kappa shape index (κ1) is 19.2. The van der Waals surface area contributed by atoms with E-state index >= 15 is 0 Å². The highest BCUT2D eigenvalue weighted by atomic mass is 16.5. The van der Waals surface area contributed by atoms with Gasteiger partial charge in [-0.2, -0.15) is 5.26 Å². The van der Waals surface area contributed by atoms with E-state index in [4.69, 9.17) is 9.15 Å². The third-order valence-corrected chi connectivity index (χ3v) is 5.03. The van der Waals surface area contributed by atoms with E-state index in [1.165, 1.54) is 0 Å². The summed E-state index contributed by atoms with van der Waals surface area (Å²) in [4.78, 5) is 14.5. The van der Waals surface area contributed by atoms with E-state index in [0.29, 0.717) is 24.5 Å². The van der Waals surface area contributed by atoms with Crippen molar-refractivity contribution >= 4 is 11.7 Å². The normalized spacial score (nSPS) is 16.6. The fourth-order valence-corrected chi connectivity index (χ4v) is 3.49. The maximum Gasteiger partial charge on any atom is 0.239 e. The third kappa shape index (κ3) is 4.41. The van der Waals surface area contributed by atoms with E-state index in [1.807, 2.05) is 42.5 Å². The molecule has 7 nitrogen and oxygen atoms in total. The fourth-order valence-electron chi connectivity index (χ4n) is 3.49. The second-order valence-corrected chi connectivity index (χ2v) is 7.09. The van der Waals surface area contributed by atoms with Crippen LogP contribution in [0, 0.1) is 25.2 Å². The van der Waals surface area contributed by atoms with Crippen LogP contribution in [0.2, 0.25) is 0 Å². The molecule has 0 unspecified atom stereocenters. The summed E-state index contributed by atoms with van der Waals surface area (Å²) in [5.74, 6) is 1.21.